The van der Waals surface area contributed by atoms with Crippen LogP contribution >= 0.6 is 0 Å². The lowest BCUT2D eigenvalue weighted by molar-refractivity contribution is -0.140. The van der Waals surface area contributed by atoms with Gasteiger partial charge in [-0.3, -0.25) is 14.6 Å². The van der Waals surface area contributed by atoms with Crippen LogP contribution in [0.1, 0.15) is 42.1 Å². The molecule has 1 aliphatic rings. The molecule has 0 unspecified atom stereocenters. The Kier molecular flexibility index (Phi) is 8.36. The van der Waals surface area contributed by atoms with E-state index in [0.29, 0.717) is 31.0 Å². The third kappa shape index (κ3) is 5.73. The lowest BCUT2D eigenvalue weighted by Gasteiger charge is -2.28. The summed E-state index contributed by atoms with van der Waals surface area (Å²) >= 11 is 0. The Morgan fingerprint density at radius 3 is 2.38 bits per heavy atom. The number of Topliss-reactive ketones (excluding diaryl/α,β-unsaturated/α-hetero) is 1. The Balaban J connectivity index is 1.66. The molecular weight excluding hydrogens is 466 g/mol. The van der Waals surface area contributed by atoms with Crippen LogP contribution in [0.2, 0.25) is 0 Å². The average molecular weight is 500 g/mol. The van der Waals surface area contributed by atoms with Crippen molar-refractivity contribution in [3.63, 3.8) is 0 Å². The maximum absolute atomic E-state index is 13.2. The number of aromatic nitrogens is 1. The van der Waals surface area contributed by atoms with E-state index in [1.807, 2.05) is 37.3 Å². The second-order valence-electron chi connectivity index (χ2n) is 9.05. The first kappa shape index (κ1) is 26.1. The van der Waals surface area contributed by atoms with Gasteiger partial charge in [0.2, 0.25) is 0 Å². The van der Waals surface area contributed by atoms with E-state index >= 15 is 0 Å². The van der Waals surface area contributed by atoms with Crippen LogP contribution in [0, 0.1) is 6.92 Å². The minimum absolute atomic E-state index is 0.0908. The monoisotopic (exact) mass is 499 g/mol. The molecule has 1 aromatic heterocycles. The molecule has 1 N–H and O–H groups in total. The summed E-state index contributed by atoms with van der Waals surface area (Å²) in [5.74, 6) is -0.787. The molecule has 7 nitrogen and oxygen atoms in total. The number of likely N-dealkylation sites (N-methyl/N-ethyl adjacent to an activating group) is 1. The molecule has 0 bridgehead atoms. The smallest absolute Gasteiger partial charge is 0.295 e. The number of aryl methyl sites for hydroxylation is 1. The first-order valence-corrected chi connectivity index (χ1v) is 12.6. The summed E-state index contributed by atoms with van der Waals surface area (Å²) in [7, 11) is 0. The second-order valence-corrected chi connectivity index (χ2v) is 9.05. The fraction of sp³-hybridized carbons (Fsp3) is 0.300. The first-order chi connectivity index (χ1) is 17.9. The van der Waals surface area contributed by atoms with Gasteiger partial charge < -0.3 is 19.6 Å². The Hall–Kier alpha value is -3.97. The maximum atomic E-state index is 13.2. The quantitative estimate of drug-likeness (QED) is 0.247. The van der Waals surface area contributed by atoms with Crippen LogP contribution in [0.5, 0.6) is 5.75 Å². The van der Waals surface area contributed by atoms with Gasteiger partial charge in [-0.05, 0) is 67.0 Å². The van der Waals surface area contributed by atoms with Crippen LogP contribution < -0.4 is 4.74 Å². The molecule has 2 aromatic carbocycles. The molecule has 1 aliphatic heterocycles. The second kappa shape index (κ2) is 11.8. The van der Waals surface area contributed by atoms with E-state index in [4.69, 9.17) is 4.74 Å². The zero-order valence-electron chi connectivity index (χ0n) is 21.6. The number of rotatable bonds is 10. The number of benzene rings is 2. The van der Waals surface area contributed by atoms with Crippen LogP contribution in [0.15, 0.2) is 78.6 Å². The molecule has 7 heteroatoms. The van der Waals surface area contributed by atoms with Crippen molar-refractivity contribution in [3.05, 3.63) is 101 Å². The third-order valence-corrected chi connectivity index (χ3v) is 6.80. The molecule has 37 heavy (non-hydrogen) atoms. The van der Waals surface area contributed by atoms with Crippen LogP contribution in [-0.4, -0.2) is 57.8 Å². The van der Waals surface area contributed by atoms with Gasteiger partial charge in [-0.15, -0.1) is 0 Å². The van der Waals surface area contributed by atoms with Gasteiger partial charge in [-0.25, -0.2) is 0 Å². The lowest BCUT2D eigenvalue weighted by atomic mass is 9.95. The van der Waals surface area contributed by atoms with E-state index in [1.54, 1.807) is 47.6 Å². The van der Waals surface area contributed by atoms with Crippen LogP contribution in [0.3, 0.4) is 0 Å². The van der Waals surface area contributed by atoms with Gasteiger partial charge in [0.25, 0.3) is 11.7 Å². The van der Waals surface area contributed by atoms with E-state index in [2.05, 4.69) is 23.7 Å². The summed E-state index contributed by atoms with van der Waals surface area (Å²) in [6, 6.07) is 18.0. The molecule has 0 aliphatic carbocycles. The van der Waals surface area contributed by atoms with Gasteiger partial charge in [0.05, 0.1) is 11.6 Å². The van der Waals surface area contributed by atoms with Gasteiger partial charge in [-0.1, -0.05) is 44.2 Å². The highest BCUT2D eigenvalue weighted by molar-refractivity contribution is 6.46. The van der Waals surface area contributed by atoms with Crippen molar-refractivity contribution < 1.29 is 19.4 Å². The van der Waals surface area contributed by atoms with Gasteiger partial charge in [-0.2, -0.15) is 0 Å². The molecule has 3 aromatic rings. The van der Waals surface area contributed by atoms with E-state index in [0.717, 1.165) is 29.8 Å². The SMILES string of the molecule is CCN(CC)CCN1C(=O)C(=O)C(=C(O)c2ccc(OCc3ccccc3)c(C)c2)[C@@H]1c1ccncc1. The molecule has 1 atom stereocenters. The van der Waals surface area contributed by atoms with Gasteiger partial charge in [0.1, 0.15) is 18.1 Å². The topological polar surface area (TPSA) is 83.0 Å². The molecule has 4 rings (SSSR count). The van der Waals surface area contributed by atoms with Crippen molar-refractivity contribution in [1.29, 1.82) is 0 Å². The summed E-state index contributed by atoms with van der Waals surface area (Å²) in [6.07, 6.45) is 3.26. The fourth-order valence-corrected chi connectivity index (χ4v) is 4.64. The molecule has 1 saturated heterocycles. The van der Waals surface area contributed by atoms with Crippen molar-refractivity contribution in [1.82, 2.24) is 14.8 Å². The molecule has 2 heterocycles. The van der Waals surface area contributed by atoms with Crippen LogP contribution in [0.4, 0.5) is 0 Å². The molecule has 0 saturated carbocycles. The van der Waals surface area contributed by atoms with Crippen LogP contribution in [0.25, 0.3) is 5.76 Å². The van der Waals surface area contributed by atoms with Crippen molar-refractivity contribution >= 4 is 17.4 Å². The van der Waals surface area contributed by atoms with Gasteiger partial charge >= 0.3 is 0 Å². The predicted molar refractivity (Wildman–Crippen MR) is 143 cm³/mol. The van der Waals surface area contributed by atoms with Crippen molar-refractivity contribution in [3.8, 4) is 5.75 Å². The van der Waals surface area contributed by atoms with Gasteiger partial charge in [0, 0.05) is 31.0 Å². The normalized spacial score (nSPS) is 17.0. The zero-order valence-corrected chi connectivity index (χ0v) is 21.6. The number of nitrogens with zero attached hydrogens (tertiary/aromatic N) is 3. The predicted octanol–water partition coefficient (Wildman–Crippen LogP) is 4.73. The Labute approximate surface area is 218 Å². The Morgan fingerprint density at radius 1 is 1.03 bits per heavy atom. The van der Waals surface area contributed by atoms with Gasteiger partial charge in [0.15, 0.2) is 0 Å². The maximum Gasteiger partial charge on any atom is 0.295 e. The van der Waals surface area contributed by atoms with Crippen molar-refractivity contribution in [2.24, 2.45) is 0 Å². The molecule has 0 radical (unpaired) electrons. The lowest BCUT2D eigenvalue weighted by Crippen LogP contribution is -2.38. The number of ether oxygens (including phenoxy) is 1. The average Bonchev–Trinajstić information content (AvgIpc) is 3.18. The highest BCUT2D eigenvalue weighted by Gasteiger charge is 2.46. The summed E-state index contributed by atoms with van der Waals surface area (Å²) < 4.78 is 5.97. The number of aliphatic hydroxyl groups is 1. The van der Waals surface area contributed by atoms with Crippen molar-refractivity contribution in [2.45, 2.75) is 33.4 Å². The van der Waals surface area contributed by atoms with Crippen LogP contribution in [-0.2, 0) is 16.2 Å². The molecule has 1 fully saturated rings. The standard InChI is InChI=1S/C30H33N3O4/c1-4-32(5-2)17-18-33-27(23-13-15-31-16-14-23)26(29(35)30(33)36)28(34)24-11-12-25(21(3)19-24)37-20-22-9-7-6-8-10-22/h6-16,19,27,34H,4-5,17-18,20H2,1-3H3/t27-/m0/s1. The minimum Gasteiger partial charge on any atom is -0.507 e. The zero-order chi connectivity index (χ0) is 26.4. The number of hydrogen-bond donors (Lipinski definition) is 1. The number of amides is 1. The highest BCUT2D eigenvalue weighted by atomic mass is 16.5. The van der Waals surface area contributed by atoms with E-state index in [9.17, 15) is 14.7 Å². The number of carbonyl (C=O) groups excluding carboxylic acids is 2. The number of likely N-dealkylation sites (tertiary alicyclic amines) is 1. The molecule has 1 amide bonds. The highest BCUT2D eigenvalue weighted by Crippen LogP contribution is 2.39. The van der Waals surface area contributed by atoms with E-state index < -0.39 is 17.7 Å². The Morgan fingerprint density at radius 2 is 1.73 bits per heavy atom. The fourth-order valence-electron chi connectivity index (χ4n) is 4.64. The van der Waals surface area contributed by atoms with E-state index in [1.165, 1.54) is 0 Å². The summed E-state index contributed by atoms with van der Waals surface area (Å²) in [6.45, 7) is 9.14. The summed E-state index contributed by atoms with van der Waals surface area (Å²) in [4.78, 5) is 34.2. The van der Waals surface area contributed by atoms with E-state index in [-0.39, 0.29) is 11.3 Å². The largest absolute Gasteiger partial charge is 0.507 e. The minimum atomic E-state index is -0.687. The molecule has 0 spiro atoms. The summed E-state index contributed by atoms with van der Waals surface area (Å²) in [5, 5.41) is 11.4. The van der Waals surface area contributed by atoms with Crippen molar-refractivity contribution in [2.75, 3.05) is 26.2 Å². The number of aliphatic hydroxyl groups excluding tert-OH is 1. The number of carbonyl (C=O) groups is 2. The summed E-state index contributed by atoms with van der Waals surface area (Å²) in [5.41, 5.74) is 3.15. The Bertz CT molecular complexity index is 1270. The number of hydrogen-bond acceptors (Lipinski definition) is 6. The molecular formula is C30H33N3O4. The first-order valence-electron chi connectivity index (χ1n) is 12.6. The number of ketones is 1. The number of pyridine rings is 1. The third-order valence-electron chi connectivity index (χ3n) is 6.80. The molecule has 192 valence electrons.